The van der Waals surface area contributed by atoms with Crippen molar-refractivity contribution in [1.82, 2.24) is 19.2 Å². The first-order chi connectivity index (χ1) is 20.4. The number of likely N-dealkylation sites (tertiary alicyclic amines) is 1. The van der Waals surface area contributed by atoms with Gasteiger partial charge in [0.05, 0.1) is 11.3 Å². The van der Waals surface area contributed by atoms with Gasteiger partial charge in [0.1, 0.15) is 5.65 Å². The van der Waals surface area contributed by atoms with Crippen LogP contribution >= 0.6 is 0 Å². The Labute approximate surface area is 249 Å². The van der Waals surface area contributed by atoms with Crippen molar-refractivity contribution in [2.75, 3.05) is 32.5 Å². The molecular weight excluding hydrogens is 551 g/mol. The summed E-state index contributed by atoms with van der Waals surface area (Å²) in [6.45, 7) is 3.79. The second-order valence-electron chi connectivity index (χ2n) is 13.2. The van der Waals surface area contributed by atoms with Crippen LogP contribution in [-0.2, 0) is 23.6 Å². The van der Waals surface area contributed by atoms with E-state index in [0.717, 1.165) is 67.3 Å². The molecule has 8 rings (SSSR count). The number of carbonyl (C=O) groups is 1. The summed E-state index contributed by atoms with van der Waals surface area (Å²) in [5, 5.41) is 2.74. The zero-order chi connectivity index (χ0) is 30.1. The van der Waals surface area contributed by atoms with Crippen molar-refractivity contribution < 1.29 is 18.0 Å². The van der Waals surface area contributed by atoms with Crippen LogP contribution in [0.1, 0.15) is 64.0 Å². The standard InChI is InChI=1S/C34H36F3N5O/c1-22-7-8-23(14-27(22)32-19-33(20-32,21-32)29-18-42-12-5-4-6-30(42)39-29)31(43)38-25-10-9-24(28(15-25)34(35,36)37)16-41-13-11-26(17-41)40(2)3/h4-10,12,14-15,18,26H,11,13,16-17,19-21H2,1-3H3,(H,38,43). The Bertz CT molecular complexity index is 1670. The van der Waals surface area contributed by atoms with Gasteiger partial charge in [-0.1, -0.05) is 18.2 Å². The SMILES string of the molecule is Cc1ccc(C(=O)Nc2ccc(CN3CCC(N(C)C)C3)c(C(F)(F)F)c2)cc1C12CC(c3cn4ccccc4n3)(C1)C2. The highest BCUT2D eigenvalue weighted by Gasteiger charge is 2.70. The Morgan fingerprint density at radius 1 is 1.07 bits per heavy atom. The van der Waals surface area contributed by atoms with Gasteiger partial charge in [-0.25, -0.2) is 4.98 Å². The van der Waals surface area contributed by atoms with E-state index in [-0.39, 0.29) is 28.6 Å². The quantitative estimate of drug-likeness (QED) is 0.271. The number of pyridine rings is 1. The van der Waals surface area contributed by atoms with E-state index >= 15 is 0 Å². The third kappa shape index (κ3) is 4.83. The number of hydrogen-bond donors (Lipinski definition) is 1. The lowest BCUT2D eigenvalue weighted by Crippen LogP contribution is -2.67. The van der Waals surface area contributed by atoms with Gasteiger partial charge in [0.2, 0.25) is 0 Å². The largest absolute Gasteiger partial charge is 0.416 e. The molecule has 1 saturated heterocycles. The summed E-state index contributed by atoms with van der Waals surface area (Å²) in [4.78, 5) is 22.4. The van der Waals surface area contributed by atoms with Crippen LogP contribution in [0.5, 0.6) is 0 Å². The van der Waals surface area contributed by atoms with Crippen molar-refractivity contribution in [3.63, 3.8) is 0 Å². The highest BCUT2D eigenvalue weighted by Crippen LogP contribution is 2.74. The normalized spacial score (nSPS) is 25.1. The third-order valence-electron chi connectivity index (χ3n) is 10.1. The molecule has 6 nitrogen and oxygen atoms in total. The highest BCUT2D eigenvalue weighted by atomic mass is 19.4. The topological polar surface area (TPSA) is 52.9 Å². The number of nitrogens with zero attached hydrogens (tertiary/aromatic N) is 4. The first kappa shape index (κ1) is 28.1. The molecule has 3 saturated carbocycles. The van der Waals surface area contributed by atoms with Gasteiger partial charge in [-0.3, -0.25) is 9.69 Å². The number of halogens is 3. The first-order valence-corrected chi connectivity index (χ1v) is 14.9. The molecule has 1 aliphatic heterocycles. The Kier molecular flexibility index (Phi) is 6.48. The third-order valence-corrected chi connectivity index (χ3v) is 10.1. The summed E-state index contributed by atoms with van der Waals surface area (Å²) in [5.74, 6) is -0.405. The molecule has 2 bridgehead atoms. The number of fused-ring (bicyclic) bond motifs is 1. The molecule has 3 aliphatic carbocycles. The number of carbonyl (C=O) groups excluding carboxylic acids is 1. The van der Waals surface area contributed by atoms with Gasteiger partial charge >= 0.3 is 6.18 Å². The van der Waals surface area contributed by atoms with Gasteiger partial charge < -0.3 is 14.6 Å². The Balaban J connectivity index is 1.07. The Hall–Kier alpha value is -3.69. The molecule has 0 spiro atoms. The molecule has 2 aromatic carbocycles. The zero-order valence-corrected chi connectivity index (χ0v) is 24.7. The molecule has 1 amide bonds. The number of anilines is 1. The van der Waals surface area contributed by atoms with Crippen molar-refractivity contribution in [3.05, 3.63) is 101 Å². The highest BCUT2D eigenvalue weighted by molar-refractivity contribution is 6.04. The number of alkyl halides is 3. The number of amides is 1. The smallest absolute Gasteiger partial charge is 0.322 e. The number of aromatic nitrogens is 2. The molecule has 2 aromatic heterocycles. The van der Waals surface area contributed by atoms with Gasteiger partial charge in [-0.05, 0) is 105 Å². The summed E-state index contributed by atoms with van der Waals surface area (Å²) in [6.07, 6.45) is 3.51. The van der Waals surface area contributed by atoms with E-state index < -0.39 is 17.6 Å². The monoisotopic (exact) mass is 587 g/mol. The van der Waals surface area contributed by atoms with E-state index in [9.17, 15) is 18.0 Å². The van der Waals surface area contributed by atoms with Crippen LogP contribution in [0, 0.1) is 6.92 Å². The van der Waals surface area contributed by atoms with Gasteiger partial charge in [0, 0.05) is 54.7 Å². The molecule has 43 heavy (non-hydrogen) atoms. The fourth-order valence-corrected chi connectivity index (χ4v) is 7.75. The van der Waals surface area contributed by atoms with Crippen molar-refractivity contribution in [2.24, 2.45) is 0 Å². The van der Waals surface area contributed by atoms with Crippen LogP contribution in [0.2, 0.25) is 0 Å². The maximum absolute atomic E-state index is 14.1. The second-order valence-corrected chi connectivity index (χ2v) is 13.2. The number of rotatable bonds is 7. The maximum Gasteiger partial charge on any atom is 0.416 e. The number of aryl methyl sites for hydroxylation is 1. The Morgan fingerprint density at radius 2 is 1.86 bits per heavy atom. The fourth-order valence-electron chi connectivity index (χ4n) is 7.75. The first-order valence-electron chi connectivity index (χ1n) is 14.9. The minimum atomic E-state index is -4.52. The van der Waals surface area contributed by atoms with Crippen LogP contribution < -0.4 is 5.32 Å². The van der Waals surface area contributed by atoms with Gasteiger partial charge in [0.15, 0.2) is 0 Å². The predicted molar refractivity (Wildman–Crippen MR) is 160 cm³/mol. The number of likely N-dealkylation sites (N-methyl/N-ethyl adjacent to an activating group) is 1. The second kappa shape index (κ2) is 9.92. The summed E-state index contributed by atoms with van der Waals surface area (Å²) >= 11 is 0. The lowest BCUT2D eigenvalue weighted by atomic mass is 9.32. The van der Waals surface area contributed by atoms with E-state index in [1.807, 2.05) is 50.6 Å². The number of benzene rings is 2. The summed E-state index contributed by atoms with van der Waals surface area (Å²) in [5.41, 5.74) is 4.57. The number of hydrogen-bond acceptors (Lipinski definition) is 4. The molecule has 9 heteroatoms. The number of imidazole rings is 1. The van der Waals surface area contributed by atoms with Crippen molar-refractivity contribution in [3.8, 4) is 0 Å². The molecular formula is C34H36F3N5O. The van der Waals surface area contributed by atoms with Crippen LogP contribution in [0.3, 0.4) is 0 Å². The van der Waals surface area contributed by atoms with E-state index in [1.54, 1.807) is 12.1 Å². The van der Waals surface area contributed by atoms with Crippen molar-refractivity contribution >= 4 is 17.2 Å². The van der Waals surface area contributed by atoms with Crippen LogP contribution in [0.25, 0.3) is 5.65 Å². The van der Waals surface area contributed by atoms with Gasteiger partial charge in [-0.2, -0.15) is 13.2 Å². The van der Waals surface area contributed by atoms with Crippen molar-refractivity contribution in [2.45, 2.75) is 62.2 Å². The summed E-state index contributed by atoms with van der Waals surface area (Å²) in [6, 6.07) is 16.1. The van der Waals surface area contributed by atoms with Crippen LogP contribution in [0.4, 0.5) is 18.9 Å². The van der Waals surface area contributed by atoms with E-state index in [2.05, 4.69) is 32.6 Å². The lowest BCUT2D eigenvalue weighted by molar-refractivity contribution is -0.138. The Morgan fingerprint density at radius 3 is 2.56 bits per heavy atom. The molecule has 4 fully saturated rings. The average Bonchev–Trinajstić information content (AvgIpc) is 3.56. The molecule has 4 aliphatic rings. The van der Waals surface area contributed by atoms with E-state index in [1.165, 1.54) is 6.07 Å². The van der Waals surface area contributed by atoms with Crippen LogP contribution in [-0.4, -0.2) is 58.3 Å². The fraction of sp³-hybridized carbons (Fsp3) is 0.412. The molecule has 1 N–H and O–H groups in total. The van der Waals surface area contributed by atoms with E-state index in [4.69, 9.17) is 4.98 Å². The van der Waals surface area contributed by atoms with Crippen molar-refractivity contribution in [1.29, 1.82) is 0 Å². The summed E-state index contributed by atoms with van der Waals surface area (Å²) < 4.78 is 44.4. The summed E-state index contributed by atoms with van der Waals surface area (Å²) in [7, 11) is 4.00. The van der Waals surface area contributed by atoms with E-state index in [0.29, 0.717) is 11.6 Å². The molecule has 1 atom stereocenters. The van der Waals surface area contributed by atoms with Gasteiger partial charge in [0.25, 0.3) is 5.91 Å². The molecule has 4 aromatic rings. The van der Waals surface area contributed by atoms with Gasteiger partial charge in [-0.15, -0.1) is 0 Å². The minimum Gasteiger partial charge on any atom is -0.322 e. The molecule has 3 heterocycles. The minimum absolute atomic E-state index is 0.0163. The maximum atomic E-state index is 14.1. The number of nitrogens with one attached hydrogen (secondary N) is 1. The predicted octanol–water partition coefficient (Wildman–Crippen LogP) is 6.42. The lowest BCUT2D eigenvalue weighted by Gasteiger charge is -2.70. The zero-order valence-electron chi connectivity index (χ0n) is 24.7. The van der Waals surface area contributed by atoms with Crippen LogP contribution in [0.15, 0.2) is 67.0 Å². The molecule has 224 valence electrons. The molecule has 1 unspecified atom stereocenters. The average molecular weight is 588 g/mol. The molecule has 0 radical (unpaired) electrons.